The van der Waals surface area contributed by atoms with Crippen molar-refractivity contribution in [3.63, 3.8) is 0 Å². The molecule has 0 aromatic heterocycles. The van der Waals surface area contributed by atoms with Crippen LogP contribution in [0.2, 0.25) is 0 Å². The number of ketones is 1. The number of benzene rings is 2. The number of esters is 1. The zero-order valence-electron chi connectivity index (χ0n) is 18.0. The highest BCUT2D eigenvalue weighted by molar-refractivity contribution is 6.09. The molecule has 2 aromatic carbocycles. The lowest BCUT2D eigenvalue weighted by Gasteiger charge is -2.36. The number of allylic oxidation sites excluding steroid dienone is 2. The maximum Gasteiger partial charge on any atom is 0.315 e. The van der Waals surface area contributed by atoms with Crippen LogP contribution >= 0.6 is 0 Å². The van der Waals surface area contributed by atoms with Crippen LogP contribution in [0.15, 0.2) is 70.9 Å². The maximum atomic E-state index is 13.4. The van der Waals surface area contributed by atoms with Gasteiger partial charge in [0, 0.05) is 29.3 Å². The van der Waals surface area contributed by atoms with E-state index in [4.69, 9.17) is 9.73 Å². The standard InChI is InChI=1S/C26H27NO4/c1-15(2)31-26(30)23-16(3)27-21-13-19(17-7-5-4-6-8-17)14-22(29)25(21)24(23)18-9-11-20(28)12-10-18/h4-12,15,19,23-24,28H,13-14H2,1-3H3/t19-,23?,24+/m1/s1. The van der Waals surface area contributed by atoms with E-state index < -0.39 is 11.8 Å². The van der Waals surface area contributed by atoms with E-state index in [0.29, 0.717) is 24.1 Å². The number of phenolic OH excluding ortho intramolecular Hbond substituents is 1. The van der Waals surface area contributed by atoms with Crippen molar-refractivity contribution in [3.05, 3.63) is 77.0 Å². The van der Waals surface area contributed by atoms with Crippen molar-refractivity contribution in [1.82, 2.24) is 0 Å². The molecule has 2 aliphatic rings. The fourth-order valence-electron chi connectivity index (χ4n) is 4.67. The van der Waals surface area contributed by atoms with Gasteiger partial charge in [0.05, 0.1) is 6.10 Å². The molecule has 0 spiro atoms. The molecular weight excluding hydrogens is 390 g/mol. The minimum Gasteiger partial charge on any atom is -0.508 e. The van der Waals surface area contributed by atoms with E-state index in [2.05, 4.69) is 0 Å². The first-order valence-electron chi connectivity index (χ1n) is 10.7. The smallest absolute Gasteiger partial charge is 0.315 e. The summed E-state index contributed by atoms with van der Waals surface area (Å²) in [6.45, 7) is 5.45. The summed E-state index contributed by atoms with van der Waals surface area (Å²) < 4.78 is 5.54. The third-order valence-corrected chi connectivity index (χ3v) is 6.02. The molecule has 1 aliphatic carbocycles. The van der Waals surface area contributed by atoms with Crippen LogP contribution in [0.4, 0.5) is 0 Å². The summed E-state index contributed by atoms with van der Waals surface area (Å²) in [5.74, 6) is -1.28. The first kappa shape index (κ1) is 21.0. The van der Waals surface area contributed by atoms with Crippen LogP contribution in [0.3, 0.4) is 0 Å². The van der Waals surface area contributed by atoms with Crippen LogP contribution in [0.1, 0.15) is 56.6 Å². The summed E-state index contributed by atoms with van der Waals surface area (Å²) >= 11 is 0. The van der Waals surface area contributed by atoms with Crippen LogP contribution in [-0.2, 0) is 14.3 Å². The van der Waals surface area contributed by atoms with Gasteiger partial charge in [-0.1, -0.05) is 42.5 Å². The molecule has 0 saturated heterocycles. The molecule has 2 aromatic rings. The van der Waals surface area contributed by atoms with Crippen LogP contribution in [0.5, 0.6) is 5.75 Å². The zero-order valence-corrected chi connectivity index (χ0v) is 18.0. The number of phenols is 1. The number of hydrogen-bond acceptors (Lipinski definition) is 5. The third-order valence-electron chi connectivity index (χ3n) is 6.02. The summed E-state index contributed by atoms with van der Waals surface area (Å²) in [5.41, 5.74) is 3.95. The number of rotatable bonds is 4. The average Bonchev–Trinajstić information content (AvgIpc) is 2.73. The molecule has 1 N–H and O–H groups in total. The molecule has 3 atom stereocenters. The summed E-state index contributed by atoms with van der Waals surface area (Å²) in [6, 6.07) is 16.7. The molecule has 5 heteroatoms. The Bertz CT molecular complexity index is 1050. The molecule has 5 nitrogen and oxygen atoms in total. The van der Waals surface area contributed by atoms with Crippen LogP contribution in [0, 0.1) is 5.92 Å². The van der Waals surface area contributed by atoms with E-state index in [1.807, 2.05) is 51.1 Å². The molecule has 0 amide bonds. The van der Waals surface area contributed by atoms with Gasteiger partial charge in [-0.05, 0) is 56.4 Å². The molecule has 4 rings (SSSR count). The van der Waals surface area contributed by atoms with Gasteiger partial charge in [0.1, 0.15) is 11.7 Å². The van der Waals surface area contributed by atoms with Gasteiger partial charge in [-0.25, -0.2) is 0 Å². The van der Waals surface area contributed by atoms with E-state index in [0.717, 1.165) is 16.8 Å². The Hall–Kier alpha value is -3.21. The van der Waals surface area contributed by atoms with Gasteiger partial charge in [-0.3, -0.25) is 14.6 Å². The largest absolute Gasteiger partial charge is 0.508 e. The van der Waals surface area contributed by atoms with Crippen molar-refractivity contribution in [2.24, 2.45) is 10.9 Å². The fourth-order valence-corrected chi connectivity index (χ4v) is 4.67. The number of aliphatic imine (C=N–C) groups is 1. The first-order chi connectivity index (χ1) is 14.8. The topological polar surface area (TPSA) is 76.0 Å². The lowest BCUT2D eigenvalue weighted by molar-refractivity contribution is -0.150. The predicted octanol–water partition coefficient (Wildman–Crippen LogP) is 4.92. The molecule has 0 bridgehead atoms. The molecule has 1 aliphatic heterocycles. The Labute approximate surface area is 182 Å². The number of carbonyl (C=O) groups is 2. The van der Waals surface area contributed by atoms with E-state index in [1.54, 1.807) is 24.3 Å². The fraction of sp³-hybridized carbons (Fsp3) is 0.346. The summed E-state index contributed by atoms with van der Waals surface area (Å²) in [6.07, 6.45) is 0.779. The number of aromatic hydroxyl groups is 1. The quantitative estimate of drug-likeness (QED) is 0.717. The van der Waals surface area contributed by atoms with Gasteiger partial charge in [-0.2, -0.15) is 0 Å². The molecule has 0 radical (unpaired) electrons. The number of carbonyl (C=O) groups excluding carboxylic acids is 2. The summed E-state index contributed by atoms with van der Waals surface area (Å²) in [4.78, 5) is 31.2. The highest BCUT2D eigenvalue weighted by atomic mass is 16.5. The summed E-state index contributed by atoms with van der Waals surface area (Å²) in [5, 5.41) is 9.75. The lowest BCUT2D eigenvalue weighted by Crippen LogP contribution is -2.38. The lowest BCUT2D eigenvalue weighted by atomic mass is 9.69. The van der Waals surface area contributed by atoms with Crippen molar-refractivity contribution in [3.8, 4) is 5.75 Å². The van der Waals surface area contributed by atoms with E-state index in [-0.39, 0.29) is 29.5 Å². The predicted molar refractivity (Wildman–Crippen MR) is 119 cm³/mol. The van der Waals surface area contributed by atoms with Gasteiger partial charge >= 0.3 is 5.97 Å². The highest BCUT2D eigenvalue weighted by Crippen LogP contribution is 2.47. The molecular formula is C26H27NO4. The van der Waals surface area contributed by atoms with E-state index in [9.17, 15) is 14.7 Å². The number of nitrogens with zero attached hydrogens (tertiary/aromatic N) is 1. The SMILES string of the molecule is CC1=NC2=C(C(=O)C[C@H](c3ccccc3)C2)[C@@H](c2ccc(O)cc2)C1C(=O)OC(C)C. The van der Waals surface area contributed by atoms with Gasteiger partial charge in [0.25, 0.3) is 0 Å². The van der Waals surface area contributed by atoms with Gasteiger partial charge in [0.2, 0.25) is 0 Å². The second-order valence-electron chi connectivity index (χ2n) is 8.59. The van der Waals surface area contributed by atoms with Crippen LogP contribution < -0.4 is 0 Å². The van der Waals surface area contributed by atoms with Crippen molar-refractivity contribution < 1.29 is 19.4 Å². The molecule has 1 heterocycles. The van der Waals surface area contributed by atoms with Crippen LogP contribution in [-0.4, -0.2) is 28.7 Å². The minimum absolute atomic E-state index is 0.0202. The Morgan fingerprint density at radius 3 is 2.35 bits per heavy atom. The first-order valence-corrected chi connectivity index (χ1v) is 10.7. The van der Waals surface area contributed by atoms with E-state index >= 15 is 0 Å². The normalized spacial score (nSPS) is 23.4. The van der Waals surface area contributed by atoms with Crippen molar-refractivity contribution >= 4 is 17.5 Å². The van der Waals surface area contributed by atoms with Gasteiger partial charge < -0.3 is 9.84 Å². The average molecular weight is 418 g/mol. The number of hydrogen-bond donors (Lipinski definition) is 1. The molecule has 0 fully saturated rings. The van der Waals surface area contributed by atoms with Crippen LogP contribution in [0.25, 0.3) is 0 Å². The van der Waals surface area contributed by atoms with E-state index in [1.165, 1.54) is 0 Å². The monoisotopic (exact) mass is 417 g/mol. The molecule has 160 valence electrons. The summed E-state index contributed by atoms with van der Waals surface area (Å²) in [7, 11) is 0. The van der Waals surface area contributed by atoms with Crippen molar-refractivity contribution in [2.45, 2.75) is 51.6 Å². The Morgan fingerprint density at radius 1 is 1.03 bits per heavy atom. The van der Waals surface area contributed by atoms with Crippen molar-refractivity contribution in [1.29, 1.82) is 0 Å². The second-order valence-corrected chi connectivity index (χ2v) is 8.59. The minimum atomic E-state index is -0.664. The third kappa shape index (κ3) is 4.18. The molecule has 1 unspecified atom stereocenters. The zero-order chi connectivity index (χ0) is 22.1. The highest BCUT2D eigenvalue weighted by Gasteiger charge is 2.44. The Balaban J connectivity index is 1.79. The Morgan fingerprint density at radius 2 is 1.71 bits per heavy atom. The Kier molecular flexibility index (Phi) is 5.77. The second kappa shape index (κ2) is 8.50. The van der Waals surface area contributed by atoms with Gasteiger partial charge in [0.15, 0.2) is 5.78 Å². The number of ether oxygens (including phenoxy) is 1. The number of Topliss-reactive ketones (excluding diaryl/α,β-unsaturated/α-hetero) is 1. The maximum absolute atomic E-state index is 13.4. The molecule has 31 heavy (non-hydrogen) atoms. The molecule has 0 saturated carbocycles. The van der Waals surface area contributed by atoms with Crippen molar-refractivity contribution in [2.75, 3.05) is 0 Å². The van der Waals surface area contributed by atoms with Gasteiger partial charge in [-0.15, -0.1) is 0 Å².